The summed E-state index contributed by atoms with van der Waals surface area (Å²) < 4.78 is 0. The van der Waals surface area contributed by atoms with Crippen LogP contribution in [-0.2, 0) is 9.59 Å². The first-order valence-electron chi connectivity index (χ1n) is 11.6. The van der Waals surface area contributed by atoms with E-state index in [9.17, 15) is 14.4 Å². The number of H-pyrrole nitrogens is 1. The number of amides is 3. The molecule has 0 bridgehead atoms. The number of nitrogens with one attached hydrogen (secondary N) is 2. The average Bonchev–Trinajstić information content (AvgIpc) is 3.47. The number of fused-ring (bicyclic) bond motifs is 2. The van der Waals surface area contributed by atoms with Crippen LogP contribution in [0.3, 0.4) is 0 Å². The van der Waals surface area contributed by atoms with Crippen molar-refractivity contribution in [3.05, 3.63) is 103 Å². The first-order chi connectivity index (χ1) is 17.5. The molecule has 1 aliphatic heterocycles. The highest BCUT2D eigenvalue weighted by molar-refractivity contribution is 8.00. The third-order valence-electron chi connectivity index (χ3n) is 6.30. The van der Waals surface area contributed by atoms with Crippen molar-refractivity contribution in [2.24, 2.45) is 0 Å². The second-order valence-corrected chi connectivity index (χ2v) is 9.94. The van der Waals surface area contributed by atoms with E-state index in [1.165, 1.54) is 16.7 Å². The van der Waals surface area contributed by atoms with Crippen molar-refractivity contribution in [1.29, 1.82) is 0 Å². The van der Waals surface area contributed by atoms with Gasteiger partial charge in [0, 0.05) is 34.3 Å². The Balaban J connectivity index is 1.13. The number of aromatic nitrogens is 1. The SMILES string of the molecule is O=C(Nc1ccc(SC2CC(=O)N(c3ccc4cc[nH]c4c3)C2=O)cc1)c1ccc2ccccc2c1. The first kappa shape index (κ1) is 22.1. The summed E-state index contributed by atoms with van der Waals surface area (Å²) in [7, 11) is 0. The quantitative estimate of drug-likeness (QED) is 0.296. The molecule has 7 heteroatoms. The van der Waals surface area contributed by atoms with Gasteiger partial charge in [-0.2, -0.15) is 0 Å². The predicted molar refractivity (Wildman–Crippen MR) is 143 cm³/mol. The normalized spacial score (nSPS) is 15.7. The van der Waals surface area contributed by atoms with Crippen LogP contribution in [0.4, 0.5) is 11.4 Å². The van der Waals surface area contributed by atoms with Gasteiger partial charge in [0.2, 0.25) is 11.8 Å². The largest absolute Gasteiger partial charge is 0.361 e. The number of hydrogen-bond donors (Lipinski definition) is 2. The molecular weight excluding hydrogens is 470 g/mol. The Morgan fingerprint density at radius 2 is 1.64 bits per heavy atom. The van der Waals surface area contributed by atoms with Crippen LogP contribution in [0.2, 0.25) is 0 Å². The number of aromatic amines is 1. The summed E-state index contributed by atoms with van der Waals surface area (Å²) in [6.07, 6.45) is 1.97. The highest BCUT2D eigenvalue weighted by Crippen LogP contribution is 2.35. The Morgan fingerprint density at radius 1 is 0.861 bits per heavy atom. The van der Waals surface area contributed by atoms with E-state index in [4.69, 9.17) is 0 Å². The number of thioether (sulfide) groups is 1. The van der Waals surface area contributed by atoms with E-state index in [0.29, 0.717) is 16.9 Å². The molecule has 1 fully saturated rings. The van der Waals surface area contributed by atoms with Crippen LogP contribution in [0.25, 0.3) is 21.7 Å². The maximum atomic E-state index is 13.1. The Labute approximate surface area is 211 Å². The smallest absolute Gasteiger partial charge is 0.255 e. The minimum absolute atomic E-state index is 0.146. The third-order valence-corrected chi connectivity index (χ3v) is 7.50. The molecule has 0 spiro atoms. The summed E-state index contributed by atoms with van der Waals surface area (Å²) in [5.74, 6) is -0.611. The number of imide groups is 1. The van der Waals surface area contributed by atoms with Gasteiger partial charge >= 0.3 is 0 Å². The van der Waals surface area contributed by atoms with Crippen LogP contribution >= 0.6 is 11.8 Å². The standard InChI is InChI=1S/C29H21N3O3S/c33-27-17-26(29(35)32(27)23-10-7-19-13-14-30-25(19)16-23)36-24-11-8-22(9-12-24)31-28(34)21-6-5-18-3-1-2-4-20(18)15-21/h1-16,26,30H,17H2,(H,31,34). The van der Waals surface area contributed by atoms with Crippen molar-refractivity contribution in [1.82, 2.24) is 4.98 Å². The second kappa shape index (κ2) is 9.02. The zero-order chi connectivity index (χ0) is 24.6. The summed E-state index contributed by atoms with van der Waals surface area (Å²) in [5.41, 5.74) is 2.70. The number of hydrogen-bond acceptors (Lipinski definition) is 4. The number of anilines is 2. The van der Waals surface area contributed by atoms with Crippen LogP contribution in [0.1, 0.15) is 16.8 Å². The minimum Gasteiger partial charge on any atom is -0.361 e. The fourth-order valence-electron chi connectivity index (χ4n) is 4.46. The summed E-state index contributed by atoms with van der Waals surface area (Å²) in [6, 6.07) is 28.3. The van der Waals surface area contributed by atoms with E-state index in [2.05, 4.69) is 10.3 Å². The van der Waals surface area contributed by atoms with Crippen LogP contribution in [-0.4, -0.2) is 28.0 Å². The number of nitrogens with zero attached hydrogens (tertiary/aromatic N) is 1. The highest BCUT2D eigenvalue weighted by Gasteiger charge is 2.40. The lowest BCUT2D eigenvalue weighted by molar-refractivity contribution is -0.121. The molecule has 1 saturated heterocycles. The number of benzene rings is 4. The van der Waals surface area contributed by atoms with Gasteiger partial charge in [-0.25, -0.2) is 4.90 Å². The van der Waals surface area contributed by atoms with Crippen LogP contribution < -0.4 is 10.2 Å². The molecule has 1 aliphatic rings. The van der Waals surface area contributed by atoms with Crippen LogP contribution in [0.15, 0.2) is 102 Å². The van der Waals surface area contributed by atoms with Gasteiger partial charge in [-0.15, -0.1) is 11.8 Å². The van der Waals surface area contributed by atoms with Gasteiger partial charge < -0.3 is 10.3 Å². The second-order valence-electron chi connectivity index (χ2n) is 8.67. The van der Waals surface area contributed by atoms with Gasteiger partial charge in [0.15, 0.2) is 0 Å². The fourth-order valence-corrected chi connectivity index (χ4v) is 5.51. The van der Waals surface area contributed by atoms with Gasteiger partial charge in [0.05, 0.1) is 10.9 Å². The molecule has 1 unspecified atom stereocenters. The zero-order valence-corrected chi connectivity index (χ0v) is 19.9. The molecule has 0 aliphatic carbocycles. The fraction of sp³-hybridized carbons (Fsp3) is 0.0690. The van der Waals surface area contributed by atoms with Gasteiger partial charge in [-0.3, -0.25) is 14.4 Å². The van der Waals surface area contributed by atoms with E-state index < -0.39 is 5.25 Å². The van der Waals surface area contributed by atoms with Crippen LogP contribution in [0.5, 0.6) is 0 Å². The van der Waals surface area contributed by atoms with Crippen molar-refractivity contribution in [2.75, 3.05) is 10.2 Å². The van der Waals surface area contributed by atoms with E-state index >= 15 is 0 Å². The topological polar surface area (TPSA) is 82.3 Å². The van der Waals surface area contributed by atoms with Gasteiger partial charge in [0.25, 0.3) is 5.91 Å². The lowest BCUT2D eigenvalue weighted by atomic mass is 10.1. The van der Waals surface area contributed by atoms with E-state index in [0.717, 1.165) is 26.6 Å². The predicted octanol–water partition coefficient (Wildman–Crippen LogP) is 6.00. The molecule has 1 aromatic heterocycles. The van der Waals surface area contributed by atoms with Gasteiger partial charge in [-0.1, -0.05) is 36.4 Å². The molecule has 0 saturated carbocycles. The molecule has 1 atom stereocenters. The zero-order valence-electron chi connectivity index (χ0n) is 19.1. The molecule has 5 aromatic rings. The maximum absolute atomic E-state index is 13.1. The molecule has 4 aromatic carbocycles. The summed E-state index contributed by atoms with van der Waals surface area (Å²) in [5, 5.41) is 5.54. The van der Waals surface area contributed by atoms with Crippen molar-refractivity contribution in [2.45, 2.75) is 16.6 Å². The van der Waals surface area contributed by atoms with Crippen molar-refractivity contribution < 1.29 is 14.4 Å². The summed E-state index contributed by atoms with van der Waals surface area (Å²) in [6.45, 7) is 0. The lowest BCUT2D eigenvalue weighted by Gasteiger charge is -2.15. The van der Waals surface area contributed by atoms with Crippen molar-refractivity contribution >= 4 is 62.5 Å². The van der Waals surface area contributed by atoms with E-state index in [1.807, 2.05) is 79.0 Å². The van der Waals surface area contributed by atoms with Crippen LogP contribution in [0, 0.1) is 0 Å². The summed E-state index contributed by atoms with van der Waals surface area (Å²) in [4.78, 5) is 43.7. The summed E-state index contributed by atoms with van der Waals surface area (Å²) >= 11 is 1.36. The molecule has 6 nitrogen and oxygen atoms in total. The molecule has 6 rings (SSSR count). The monoisotopic (exact) mass is 491 g/mol. The molecule has 2 heterocycles. The minimum atomic E-state index is -0.491. The Hall–Kier alpha value is -4.36. The molecule has 36 heavy (non-hydrogen) atoms. The number of carbonyl (C=O) groups is 3. The Bertz CT molecular complexity index is 1640. The van der Waals surface area contributed by atoms with E-state index in [-0.39, 0.29) is 24.1 Å². The van der Waals surface area contributed by atoms with E-state index in [1.54, 1.807) is 18.2 Å². The number of carbonyl (C=O) groups excluding carboxylic acids is 3. The molecule has 0 radical (unpaired) electrons. The first-order valence-corrected chi connectivity index (χ1v) is 12.4. The molecular formula is C29H21N3O3S. The average molecular weight is 492 g/mol. The van der Waals surface area contributed by atoms with Crippen molar-refractivity contribution in [3.8, 4) is 0 Å². The number of rotatable bonds is 5. The molecule has 3 amide bonds. The molecule has 2 N–H and O–H groups in total. The third kappa shape index (κ3) is 4.14. The Kier molecular flexibility index (Phi) is 5.54. The highest BCUT2D eigenvalue weighted by atomic mass is 32.2. The Morgan fingerprint density at radius 3 is 2.47 bits per heavy atom. The van der Waals surface area contributed by atoms with Gasteiger partial charge in [-0.05, 0) is 70.8 Å². The molecule has 176 valence electrons. The maximum Gasteiger partial charge on any atom is 0.255 e. The van der Waals surface area contributed by atoms with Gasteiger partial charge in [0.1, 0.15) is 0 Å². The van der Waals surface area contributed by atoms with Crippen molar-refractivity contribution in [3.63, 3.8) is 0 Å². The lowest BCUT2D eigenvalue weighted by Crippen LogP contribution is -2.31.